The molecule has 2 N–H and O–H groups in total. The smallest absolute Gasteiger partial charge is 0.295 e. The van der Waals surface area contributed by atoms with Gasteiger partial charge in [-0.2, -0.15) is 0 Å². The van der Waals surface area contributed by atoms with Crippen LogP contribution in [0.25, 0.3) is 16.7 Å². The lowest BCUT2D eigenvalue weighted by atomic mass is 9.95. The highest BCUT2D eigenvalue weighted by atomic mass is 16.5. The molecule has 1 aliphatic rings. The van der Waals surface area contributed by atoms with Crippen molar-refractivity contribution in [2.75, 3.05) is 20.3 Å². The average Bonchev–Trinajstić information content (AvgIpc) is 3.47. The molecular formula is C30H28N2O5. The first kappa shape index (κ1) is 24.3. The lowest BCUT2D eigenvalue weighted by Gasteiger charge is -2.25. The molecule has 37 heavy (non-hydrogen) atoms. The summed E-state index contributed by atoms with van der Waals surface area (Å²) in [6.07, 6.45) is 2.21. The highest BCUT2D eigenvalue weighted by molar-refractivity contribution is 6.46. The van der Waals surface area contributed by atoms with Crippen molar-refractivity contribution in [2.45, 2.75) is 19.1 Å². The molecule has 188 valence electrons. The molecule has 1 fully saturated rings. The fourth-order valence-corrected chi connectivity index (χ4v) is 4.76. The van der Waals surface area contributed by atoms with Gasteiger partial charge in [-0.1, -0.05) is 60.7 Å². The number of nitrogens with zero attached hydrogens (tertiary/aromatic N) is 1. The molecular weight excluding hydrogens is 468 g/mol. The molecule has 1 atom stereocenters. The van der Waals surface area contributed by atoms with Crippen LogP contribution in [0, 0.1) is 0 Å². The van der Waals surface area contributed by atoms with E-state index in [9.17, 15) is 14.7 Å². The van der Waals surface area contributed by atoms with Gasteiger partial charge >= 0.3 is 0 Å². The van der Waals surface area contributed by atoms with Crippen LogP contribution in [0.5, 0.6) is 5.75 Å². The van der Waals surface area contributed by atoms with E-state index in [1.165, 1.54) is 4.90 Å². The fourth-order valence-electron chi connectivity index (χ4n) is 4.76. The van der Waals surface area contributed by atoms with Crippen LogP contribution in [0.2, 0.25) is 0 Å². The molecule has 4 aromatic rings. The summed E-state index contributed by atoms with van der Waals surface area (Å²) in [6, 6.07) is 23.9. The summed E-state index contributed by atoms with van der Waals surface area (Å²) in [5.41, 5.74) is 3.08. The van der Waals surface area contributed by atoms with E-state index in [2.05, 4.69) is 4.98 Å². The van der Waals surface area contributed by atoms with Crippen molar-refractivity contribution in [1.82, 2.24) is 9.88 Å². The molecule has 7 heteroatoms. The minimum atomic E-state index is -0.759. The van der Waals surface area contributed by atoms with E-state index < -0.39 is 17.7 Å². The van der Waals surface area contributed by atoms with Crippen molar-refractivity contribution in [1.29, 1.82) is 0 Å². The highest BCUT2D eigenvalue weighted by Crippen LogP contribution is 2.41. The monoisotopic (exact) mass is 496 g/mol. The SMILES string of the molecule is COCCCN1C(=O)C(=O)/C(=C(\O)c2c[nH]c3ccccc23)C1c1cccc(OCc2ccccc2)c1. The van der Waals surface area contributed by atoms with Gasteiger partial charge in [-0.05, 0) is 35.7 Å². The third kappa shape index (κ3) is 4.86. The maximum Gasteiger partial charge on any atom is 0.295 e. The Morgan fingerprint density at radius 3 is 2.59 bits per heavy atom. The number of para-hydroxylation sites is 1. The van der Waals surface area contributed by atoms with E-state index >= 15 is 0 Å². The second kappa shape index (κ2) is 10.7. The number of carbonyl (C=O) groups excluding carboxylic acids is 2. The summed E-state index contributed by atoms with van der Waals surface area (Å²) in [6.45, 7) is 1.13. The number of likely N-dealkylation sites (tertiary alicyclic amines) is 1. The van der Waals surface area contributed by atoms with Crippen LogP contribution in [0.4, 0.5) is 0 Å². The number of nitrogens with one attached hydrogen (secondary N) is 1. The molecule has 0 aliphatic carbocycles. The van der Waals surface area contributed by atoms with Gasteiger partial charge in [-0.15, -0.1) is 0 Å². The minimum Gasteiger partial charge on any atom is -0.507 e. The Labute approximate surface area is 214 Å². The molecule has 1 unspecified atom stereocenters. The van der Waals surface area contributed by atoms with E-state index in [4.69, 9.17) is 9.47 Å². The van der Waals surface area contributed by atoms with Crippen LogP contribution in [-0.2, 0) is 20.9 Å². The maximum absolute atomic E-state index is 13.3. The molecule has 1 aromatic heterocycles. The van der Waals surface area contributed by atoms with E-state index in [1.54, 1.807) is 13.3 Å². The van der Waals surface area contributed by atoms with Crippen LogP contribution >= 0.6 is 0 Å². The largest absolute Gasteiger partial charge is 0.507 e. The molecule has 1 aliphatic heterocycles. The van der Waals surface area contributed by atoms with Gasteiger partial charge in [0.15, 0.2) is 0 Å². The average molecular weight is 497 g/mol. The van der Waals surface area contributed by atoms with Crippen LogP contribution in [0.3, 0.4) is 0 Å². The zero-order valence-electron chi connectivity index (χ0n) is 20.5. The predicted octanol–water partition coefficient (Wildman–Crippen LogP) is 5.21. The molecule has 2 heterocycles. The summed E-state index contributed by atoms with van der Waals surface area (Å²) in [4.78, 5) is 31.1. The standard InChI is InChI=1S/C30H28N2O5/c1-36-16-8-15-32-27(21-11-7-12-22(17-21)37-19-20-9-3-2-4-10-20)26(29(34)30(32)35)28(33)24-18-31-25-14-6-5-13-23(24)25/h2-7,9-14,17-18,27,31,33H,8,15-16,19H2,1H3/b28-26-. The first-order chi connectivity index (χ1) is 18.1. The lowest BCUT2D eigenvalue weighted by Crippen LogP contribution is -2.31. The molecule has 0 bridgehead atoms. The van der Waals surface area contributed by atoms with Crippen molar-refractivity contribution < 1.29 is 24.2 Å². The number of rotatable bonds is 9. The van der Waals surface area contributed by atoms with Gasteiger partial charge in [0.05, 0.1) is 11.6 Å². The van der Waals surface area contributed by atoms with Crippen molar-refractivity contribution in [3.05, 3.63) is 107 Å². The van der Waals surface area contributed by atoms with E-state index in [1.807, 2.05) is 78.9 Å². The molecule has 1 amide bonds. The van der Waals surface area contributed by atoms with Gasteiger partial charge in [-0.25, -0.2) is 0 Å². The molecule has 3 aromatic carbocycles. The number of aliphatic hydroxyl groups is 1. The number of hydrogen-bond donors (Lipinski definition) is 2. The normalized spacial score (nSPS) is 17.0. The number of aromatic nitrogens is 1. The number of benzene rings is 3. The zero-order chi connectivity index (χ0) is 25.8. The number of H-pyrrole nitrogens is 1. The summed E-state index contributed by atoms with van der Waals surface area (Å²) >= 11 is 0. The Balaban J connectivity index is 1.56. The number of ether oxygens (including phenoxy) is 2. The number of amides is 1. The van der Waals surface area contributed by atoms with E-state index in [0.29, 0.717) is 43.1 Å². The van der Waals surface area contributed by atoms with Crippen molar-refractivity contribution in [2.24, 2.45) is 0 Å². The summed E-state index contributed by atoms with van der Waals surface area (Å²) < 4.78 is 11.2. The van der Waals surface area contributed by atoms with Gasteiger partial charge < -0.3 is 24.5 Å². The van der Waals surface area contributed by atoms with Gasteiger partial charge in [0.25, 0.3) is 11.7 Å². The third-order valence-electron chi connectivity index (χ3n) is 6.55. The topological polar surface area (TPSA) is 91.9 Å². The number of hydrogen-bond acceptors (Lipinski definition) is 5. The lowest BCUT2D eigenvalue weighted by molar-refractivity contribution is -0.140. The Bertz CT molecular complexity index is 1460. The Morgan fingerprint density at radius 2 is 1.78 bits per heavy atom. The number of aliphatic hydroxyl groups excluding tert-OH is 1. The molecule has 0 radical (unpaired) electrons. The number of aromatic amines is 1. The van der Waals surface area contributed by atoms with Crippen molar-refractivity contribution >= 4 is 28.4 Å². The summed E-state index contributed by atoms with van der Waals surface area (Å²) in [5, 5.41) is 12.2. The quantitative estimate of drug-likeness (QED) is 0.144. The Hall–Kier alpha value is -4.36. The first-order valence-corrected chi connectivity index (χ1v) is 12.2. The second-order valence-electron chi connectivity index (χ2n) is 8.93. The van der Waals surface area contributed by atoms with Crippen molar-refractivity contribution in [3.8, 4) is 5.75 Å². The van der Waals surface area contributed by atoms with E-state index in [-0.39, 0.29) is 11.3 Å². The summed E-state index contributed by atoms with van der Waals surface area (Å²) in [5.74, 6) is -0.944. The minimum absolute atomic E-state index is 0.0624. The first-order valence-electron chi connectivity index (χ1n) is 12.2. The second-order valence-corrected chi connectivity index (χ2v) is 8.93. The molecule has 5 rings (SSSR count). The summed E-state index contributed by atoms with van der Waals surface area (Å²) in [7, 11) is 1.59. The Morgan fingerprint density at radius 1 is 1.00 bits per heavy atom. The number of Topliss-reactive ketones (excluding diaryl/α,β-unsaturated/α-hetero) is 1. The van der Waals surface area contributed by atoms with Crippen molar-refractivity contribution in [3.63, 3.8) is 0 Å². The van der Waals surface area contributed by atoms with E-state index in [0.717, 1.165) is 16.5 Å². The van der Waals surface area contributed by atoms with Gasteiger partial charge in [0, 0.05) is 42.9 Å². The zero-order valence-corrected chi connectivity index (χ0v) is 20.5. The third-order valence-corrected chi connectivity index (χ3v) is 6.55. The number of carbonyl (C=O) groups is 2. The number of ketones is 1. The molecule has 7 nitrogen and oxygen atoms in total. The van der Waals surface area contributed by atoms with Gasteiger partial charge in [-0.3, -0.25) is 9.59 Å². The highest BCUT2D eigenvalue weighted by Gasteiger charge is 2.46. The predicted molar refractivity (Wildman–Crippen MR) is 141 cm³/mol. The van der Waals surface area contributed by atoms with Gasteiger partial charge in [0.1, 0.15) is 18.1 Å². The van der Waals surface area contributed by atoms with Crippen LogP contribution in [0.15, 0.2) is 90.6 Å². The molecule has 1 saturated heterocycles. The van der Waals surface area contributed by atoms with Crippen LogP contribution < -0.4 is 4.74 Å². The van der Waals surface area contributed by atoms with Crippen LogP contribution in [-0.4, -0.2) is 46.9 Å². The number of fused-ring (bicyclic) bond motifs is 1. The number of methoxy groups -OCH3 is 1. The molecule has 0 saturated carbocycles. The molecule has 0 spiro atoms. The van der Waals surface area contributed by atoms with Crippen LogP contribution in [0.1, 0.15) is 29.2 Å². The Kier molecular flexibility index (Phi) is 7.05. The van der Waals surface area contributed by atoms with Gasteiger partial charge in [0.2, 0.25) is 0 Å². The fraction of sp³-hybridized carbons (Fsp3) is 0.200. The maximum atomic E-state index is 13.3.